The highest BCUT2D eigenvalue weighted by atomic mass is 35.5. The first-order valence-corrected chi connectivity index (χ1v) is 7.73. The summed E-state index contributed by atoms with van der Waals surface area (Å²) in [5.41, 5.74) is 0.382. The van der Waals surface area contributed by atoms with E-state index in [9.17, 15) is 16.8 Å². The summed E-state index contributed by atoms with van der Waals surface area (Å²) in [5, 5.41) is 0.177. The smallest absolute Gasteiger partial charge is 0.185 e. The van der Waals surface area contributed by atoms with Gasteiger partial charge in [0.2, 0.25) is 20.6 Å². The molecule has 96 valence electrons. The zero-order valence-electron chi connectivity index (χ0n) is 9.07. The summed E-state index contributed by atoms with van der Waals surface area (Å²) in [6.45, 7) is 3.07. The fraction of sp³-hybridized carbons (Fsp3) is 0.556. The fourth-order valence-corrected chi connectivity index (χ4v) is 4.53. The highest BCUT2D eigenvalue weighted by Crippen LogP contribution is 2.32. The molecule has 0 spiro atoms. The first-order chi connectivity index (χ1) is 7.82. The molecule has 1 aliphatic rings. The quantitative estimate of drug-likeness (QED) is 0.537. The second-order valence-corrected chi connectivity index (χ2v) is 6.20. The van der Waals surface area contributed by atoms with Crippen molar-refractivity contribution < 1.29 is 16.8 Å². The van der Waals surface area contributed by atoms with Crippen molar-refractivity contribution in [3.05, 3.63) is 10.6 Å². The Morgan fingerprint density at radius 1 is 1.18 bits per heavy atom. The summed E-state index contributed by atoms with van der Waals surface area (Å²) in [5.74, 6) is -1.36. The fourth-order valence-electron chi connectivity index (χ4n) is 1.93. The summed E-state index contributed by atoms with van der Waals surface area (Å²) in [6.07, 6.45) is 0. The molecule has 4 nitrogen and oxygen atoms in total. The van der Waals surface area contributed by atoms with Gasteiger partial charge in [0.05, 0.1) is 9.73 Å². The Hall–Kier alpha value is -0.300. The highest BCUT2D eigenvalue weighted by Gasteiger charge is 2.36. The average molecular weight is 317 g/mol. The molecular formula is C9H10Cl2O4S2. The van der Waals surface area contributed by atoms with Gasteiger partial charge >= 0.3 is 0 Å². The molecule has 0 aromatic rings. The largest absolute Gasteiger partial charge is 0.218 e. The maximum atomic E-state index is 11.2. The second kappa shape index (κ2) is 5.56. The Kier molecular flexibility index (Phi) is 4.83. The molecule has 0 amide bonds. The Labute approximate surface area is 112 Å². The lowest BCUT2D eigenvalue weighted by Gasteiger charge is -2.27. The predicted molar refractivity (Wildman–Crippen MR) is 69.8 cm³/mol. The Bertz CT molecular complexity index is 624. The SMILES string of the molecule is CC1=C(Cl)C(CCl)C(=S(=O)=O)C(C)C1=S(=O)=O. The minimum absolute atomic E-state index is 0.00258. The predicted octanol–water partition coefficient (Wildman–Crippen LogP) is 1.11. The van der Waals surface area contributed by atoms with E-state index in [1.165, 1.54) is 6.92 Å². The molecule has 0 fully saturated rings. The van der Waals surface area contributed by atoms with Gasteiger partial charge in [-0.25, -0.2) is 0 Å². The number of halogens is 2. The molecule has 0 radical (unpaired) electrons. The van der Waals surface area contributed by atoms with Gasteiger partial charge in [0.15, 0.2) is 0 Å². The van der Waals surface area contributed by atoms with Crippen LogP contribution < -0.4 is 0 Å². The van der Waals surface area contributed by atoms with Crippen molar-refractivity contribution in [1.82, 2.24) is 0 Å². The van der Waals surface area contributed by atoms with E-state index in [1.54, 1.807) is 6.92 Å². The summed E-state index contributed by atoms with van der Waals surface area (Å²) in [6, 6.07) is 0. The van der Waals surface area contributed by atoms with E-state index in [0.29, 0.717) is 5.57 Å². The van der Waals surface area contributed by atoms with Crippen LogP contribution in [0.5, 0.6) is 0 Å². The van der Waals surface area contributed by atoms with Crippen molar-refractivity contribution in [2.45, 2.75) is 13.8 Å². The van der Waals surface area contributed by atoms with Crippen LogP contribution in [-0.2, 0) is 20.6 Å². The molecule has 2 unspecified atom stereocenters. The van der Waals surface area contributed by atoms with Gasteiger partial charge in [0.1, 0.15) is 0 Å². The highest BCUT2D eigenvalue weighted by molar-refractivity contribution is 7.75. The molecule has 0 bridgehead atoms. The summed E-state index contributed by atoms with van der Waals surface area (Å²) >= 11 is 11.7. The van der Waals surface area contributed by atoms with E-state index in [-0.39, 0.29) is 20.6 Å². The van der Waals surface area contributed by atoms with Crippen molar-refractivity contribution in [3.63, 3.8) is 0 Å². The molecular weight excluding hydrogens is 307 g/mol. The third-order valence-corrected chi connectivity index (χ3v) is 5.62. The average Bonchev–Trinajstić information content (AvgIpc) is 2.21. The zero-order valence-corrected chi connectivity index (χ0v) is 12.2. The van der Waals surface area contributed by atoms with Crippen LogP contribution >= 0.6 is 23.2 Å². The maximum absolute atomic E-state index is 11.2. The van der Waals surface area contributed by atoms with Crippen LogP contribution in [0, 0.1) is 11.8 Å². The summed E-state index contributed by atoms with van der Waals surface area (Å²) in [7, 11) is -5.02. The monoisotopic (exact) mass is 316 g/mol. The van der Waals surface area contributed by atoms with Crippen molar-refractivity contribution in [2.75, 3.05) is 5.88 Å². The van der Waals surface area contributed by atoms with E-state index in [4.69, 9.17) is 23.2 Å². The number of alkyl halides is 1. The van der Waals surface area contributed by atoms with Crippen LogP contribution in [0.15, 0.2) is 10.6 Å². The molecule has 17 heavy (non-hydrogen) atoms. The molecule has 8 heteroatoms. The number of hydrogen-bond donors (Lipinski definition) is 0. The number of rotatable bonds is 1. The summed E-state index contributed by atoms with van der Waals surface area (Å²) < 4.78 is 44.5. The van der Waals surface area contributed by atoms with Crippen molar-refractivity contribution in [3.8, 4) is 0 Å². The zero-order chi connectivity index (χ0) is 13.3. The minimum atomic E-state index is -2.52. The molecule has 1 aliphatic carbocycles. The van der Waals surface area contributed by atoms with Crippen molar-refractivity contribution >= 4 is 53.5 Å². The van der Waals surface area contributed by atoms with E-state index in [1.807, 2.05) is 0 Å². The third-order valence-electron chi connectivity index (χ3n) is 2.72. The first kappa shape index (κ1) is 14.8. The molecule has 0 saturated carbocycles. The minimum Gasteiger partial charge on any atom is -0.185 e. The van der Waals surface area contributed by atoms with Gasteiger partial charge in [-0.2, -0.15) is 16.8 Å². The lowest BCUT2D eigenvalue weighted by atomic mass is 9.84. The number of hydrogen-bond acceptors (Lipinski definition) is 4. The molecule has 0 N–H and O–H groups in total. The Morgan fingerprint density at radius 3 is 2.06 bits per heavy atom. The molecule has 1 rings (SSSR count). The third kappa shape index (κ3) is 2.59. The van der Waals surface area contributed by atoms with Gasteiger partial charge in [0, 0.05) is 22.7 Å². The molecule has 0 heterocycles. The lowest BCUT2D eigenvalue weighted by molar-refractivity contribution is 0.625. The lowest BCUT2D eigenvalue weighted by Crippen LogP contribution is -2.36. The van der Waals surface area contributed by atoms with Gasteiger partial charge in [0.25, 0.3) is 0 Å². The van der Waals surface area contributed by atoms with Crippen LogP contribution in [0.25, 0.3) is 0 Å². The van der Waals surface area contributed by atoms with Gasteiger partial charge in [-0.3, -0.25) is 0 Å². The maximum Gasteiger partial charge on any atom is 0.218 e. The molecule has 0 aromatic carbocycles. The van der Waals surface area contributed by atoms with E-state index < -0.39 is 32.4 Å². The molecule has 0 aliphatic heterocycles. The first-order valence-electron chi connectivity index (χ1n) is 4.67. The normalized spacial score (nSPS) is 25.2. The van der Waals surface area contributed by atoms with Gasteiger partial charge in [-0.05, 0) is 12.5 Å². The topological polar surface area (TPSA) is 68.3 Å². The Balaban J connectivity index is 3.78. The van der Waals surface area contributed by atoms with Crippen LogP contribution in [-0.4, -0.2) is 32.4 Å². The van der Waals surface area contributed by atoms with E-state index in [2.05, 4.69) is 0 Å². The van der Waals surface area contributed by atoms with Crippen LogP contribution in [0.3, 0.4) is 0 Å². The van der Waals surface area contributed by atoms with Crippen molar-refractivity contribution in [2.24, 2.45) is 11.8 Å². The van der Waals surface area contributed by atoms with Gasteiger partial charge < -0.3 is 0 Å². The molecule has 2 atom stereocenters. The van der Waals surface area contributed by atoms with Gasteiger partial charge in [-0.1, -0.05) is 18.5 Å². The van der Waals surface area contributed by atoms with Crippen LogP contribution in [0.1, 0.15) is 13.8 Å². The van der Waals surface area contributed by atoms with Crippen LogP contribution in [0.2, 0.25) is 0 Å². The molecule has 0 aromatic heterocycles. The van der Waals surface area contributed by atoms with Gasteiger partial charge in [-0.15, -0.1) is 11.6 Å². The van der Waals surface area contributed by atoms with Crippen LogP contribution in [0.4, 0.5) is 0 Å². The standard InChI is InChI=1S/C9H10Cl2O4S2/c1-4-7(11)6(3-10)9(17(14)15)5(2)8(4)16(12)13/h5-6H,3H2,1-2H3. The summed E-state index contributed by atoms with van der Waals surface area (Å²) in [4.78, 5) is 0.0327. The van der Waals surface area contributed by atoms with E-state index >= 15 is 0 Å². The van der Waals surface area contributed by atoms with Crippen molar-refractivity contribution in [1.29, 1.82) is 0 Å². The van der Waals surface area contributed by atoms with E-state index in [0.717, 1.165) is 0 Å². The number of allylic oxidation sites excluding steroid dienone is 2. The molecule has 0 saturated heterocycles. The Morgan fingerprint density at radius 2 is 1.71 bits per heavy atom. The second-order valence-electron chi connectivity index (χ2n) is 3.64.